The van der Waals surface area contributed by atoms with E-state index in [-0.39, 0.29) is 25.0 Å². The molecular weight excluding hydrogens is 458 g/mol. The first-order chi connectivity index (χ1) is 17.4. The van der Waals surface area contributed by atoms with E-state index in [2.05, 4.69) is 11.9 Å². The minimum Gasteiger partial charge on any atom is -0.493 e. The zero-order valence-electron chi connectivity index (χ0n) is 21.0. The lowest BCUT2D eigenvalue weighted by atomic mass is 10.1. The molecule has 3 aromatic rings. The molecule has 0 aliphatic carbocycles. The van der Waals surface area contributed by atoms with Gasteiger partial charge in [-0.2, -0.15) is 0 Å². The highest BCUT2D eigenvalue weighted by molar-refractivity contribution is 5.92. The number of anilines is 1. The fourth-order valence-corrected chi connectivity index (χ4v) is 3.71. The Morgan fingerprint density at radius 3 is 2.39 bits per heavy atom. The summed E-state index contributed by atoms with van der Waals surface area (Å²) in [7, 11) is 3.18. The minimum absolute atomic E-state index is 0.101. The standard InChI is InChI=1S/C28H33N3O5/c1-5-16-31(28(33)29-23-9-7-6-8-10-23)20-27(32)30(19-24-13-11-21(2)36-24)17-15-22-12-14-25(34-3)26(18-22)35-4/h5-14,18H,1,15-17,19-20H2,2-4H3,(H,29,33). The third kappa shape index (κ3) is 7.40. The first kappa shape index (κ1) is 26.4. The summed E-state index contributed by atoms with van der Waals surface area (Å²) in [6.45, 7) is 6.45. The van der Waals surface area contributed by atoms with Crippen molar-refractivity contribution in [3.8, 4) is 11.5 Å². The molecule has 1 N–H and O–H groups in total. The Hall–Kier alpha value is -4.20. The number of aryl methyl sites for hydroxylation is 1. The van der Waals surface area contributed by atoms with Crippen molar-refractivity contribution in [2.24, 2.45) is 0 Å². The average molecular weight is 492 g/mol. The number of hydrogen-bond acceptors (Lipinski definition) is 5. The van der Waals surface area contributed by atoms with E-state index in [0.717, 1.165) is 11.3 Å². The quantitative estimate of drug-likeness (QED) is 0.365. The maximum absolute atomic E-state index is 13.4. The number of ether oxygens (including phenoxy) is 2. The number of nitrogens with one attached hydrogen (secondary N) is 1. The molecule has 0 saturated heterocycles. The smallest absolute Gasteiger partial charge is 0.322 e. The molecule has 8 heteroatoms. The largest absolute Gasteiger partial charge is 0.493 e. The molecule has 0 radical (unpaired) electrons. The molecule has 0 aliphatic heterocycles. The molecule has 0 aliphatic rings. The van der Waals surface area contributed by atoms with Crippen molar-refractivity contribution >= 4 is 17.6 Å². The molecule has 2 aromatic carbocycles. The van der Waals surface area contributed by atoms with E-state index in [9.17, 15) is 9.59 Å². The summed E-state index contributed by atoms with van der Waals surface area (Å²) in [6, 6.07) is 18.2. The molecule has 1 heterocycles. The van der Waals surface area contributed by atoms with Gasteiger partial charge < -0.3 is 29.0 Å². The highest BCUT2D eigenvalue weighted by Crippen LogP contribution is 2.27. The number of furan rings is 1. The van der Waals surface area contributed by atoms with Crippen LogP contribution in [0.1, 0.15) is 17.1 Å². The fraction of sp³-hybridized carbons (Fsp3) is 0.286. The molecule has 0 spiro atoms. The summed E-state index contributed by atoms with van der Waals surface area (Å²) in [5.74, 6) is 2.52. The van der Waals surface area contributed by atoms with E-state index in [4.69, 9.17) is 13.9 Å². The van der Waals surface area contributed by atoms with Gasteiger partial charge in [0, 0.05) is 18.8 Å². The van der Waals surface area contributed by atoms with Crippen molar-refractivity contribution in [3.63, 3.8) is 0 Å². The van der Waals surface area contributed by atoms with Gasteiger partial charge >= 0.3 is 6.03 Å². The van der Waals surface area contributed by atoms with Crippen LogP contribution in [0.2, 0.25) is 0 Å². The fourth-order valence-electron chi connectivity index (χ4n) is 3.71. The van der Waals surface area contributed by atoms with Crippen molar-refractivity contribution in [1.82, 2.24) is 9.80 Å². The van der Waals surface area contributed by atoms with Gasteiger partial charge in [0.05, 0.1) is 20.8 Å². The second-order valence-electron chi connectivity index (χ2n) is 8.23. The van der Waals surface area contributed by atoms with Gasteiger partial charge in [-0.05, 0) is 55.3 Å². The van der Waals surface area contributed by atoms with E-state index >= 15 is 0 Å². The van der Waals surface area contributed by atoms with Gasteiger partial charge in [0.25, 0.3) is 0 Å². The van der Waals surface area contributed by atoms with E-state index in [1.165, 1.54) is 4.90 Å². The Labute approximate surface area is 212 Å². The Morgan fingerprint density at radius 2 is 1.75 bits per heavy atom. The number of rotatable bonds is 12. The number of methoxy groups -OCH3 is 2. The minimum atomic E-state index is -0.372. The zero-order valence-corrected chi connectivity index (χ0v) is 21.0. The number of carbonyl (C=O) groups is 2. The van der Waals surface area contributed by atoms with Gasteiger partial charge in [0.2, 0.25) is 5.91 Å². The predicted octanol–water partition coefficient (Wildman–Crippen LogP) is 4.90. The molecule has 0 bridgehead atoms. The SMILES string of the molecule is C=CCN(CC(=O)N(CCc1ccc(OC)c(OC)c1)Cc1ccc(C)o1)C(=O)Nc1ccccc1. The van der Waals surface area contributed by atoms with Crippen LogP contribution in [0.15, 0.2) is 77.7 Å². The van der Waals surface area contributed by atoms with Crippen LogP contribution in [-0.4, -0.2) is 55.6 Å². The Morgan fingerprint density at radius 1 is 1.00 bits per heavy atom. The summed E-state index contributed by atoms with van der Waals surface area (Å²) in [5.41, 5.74) is 1.64. The predicted molar refractivity (Wildman–Crippen MR) is 139 cm³/mol. The normalized spacial score (nSPS) is 10.4. The number of hydrogen-bond donors (Lipinski definition) is 1. The summed E-state index contributed by atoms with van der Waals surface area (Å²) in [5, 5.41) is 2.83. The number of nitrogens with zero attached hydrogens (tertiary/aromatic N) is 2. The number of urea groups is 1. The lowest BCUT2D eigenvalue weighted by molar-refractivity contribution is -0.132. The number of carbonyl (C=O) groups excluding carboxylic acids is 2. The molecule has 36 heavy (non-hydrogen) atoms. The van der Waals surface area contributed by atoms with E-state index in [1.807, 2.05) is 55.5 Å². The second-order valence-corrected chi connectivity index (χ2v) is 8.23. The van der Waals surface area contributed by atoms with Gasteiger partial charge in [-0.3, -0.25) is 4.79 Å². The highest BCUT2D eigenvalue weighted by Gasteiger charge is 2.22. The van der Waals surface area contributed by atoms with Gasteiger partial charge in [-0.15, -0.1) is 6.58 Å². The molecule has 3 rings (SSSR count). The number of amides is 3. The Balaban J connectivity index is 1.74. The van der Waals surface area contributed by atoms with Crippen LogP contribution in [0, 0.1) is 6.92 Å². The van der Waals surface area contributed by atoms with E-state index in [0.29, 0.717) is 42.5 Å². The van der Waals surface area contributed by atoms with E-state index < -0.39 is 0 Å². The first-order valence-corrected chi connectivity index (χ1v) is 11.7. The van der Waals surface area contributed by atoms with Crippen LogP contribution in [0.25, 0.3) is 0 Å². The molecule has 0 fully saturated rings. The molecule has 190 valence electrons. The van der Waals surface area contributed by atoms with Crippen LogP contribution in [0.3, 0.4) is 0 Å². The highest BCUT2D eigenvalue weighted by atomic mass is 16.5. The second kappa shape index (κ2) is 13.0. The van der Waals surface area contributed by atoms with Crippen molar-refractivity contribution in [2.45, 2.75) is 19.9 Å². The maximum atomic E-state index is 13.4. The lowest BCUT2D eigenvalue weighted by Gasteiger charge is -2.27. The van der Waals surface area contributed by atoms with Gasteiger partial charge in [-0.25, -0.2) is 4.79 Å². The summed E-state index contributed by atoms with van der Waals surface area (Å²) < 4.78 is 16.4. The number of benzene rings is 2. The lowest BCUT2D eigenvalue weighted by Crippen LogP contribution is -2.44. The molecule has 0 saturated carbocycles. The molecular formula is C28H33N3O5. The average Bonchev–Trinajstić information content (AvgIpc) is 3.30. The first-order valence-electron chi connectivity index (χ1n) is 11.7. The topological polar surface area (TPSA) is 84.2 Å². The Kier molecular flexibility index (Phi) is 9.56. The van der Waals surface area contributed by atoms with Crippen molar-refractivity contribution in [2.75, 3.05) is 39.2 Å². The number of para-hydroxylation sites is 1. The summed E-state index contributed by atoms with van der Waals surface area (Å²) >= 11 is 0. The third-order valence-electron chi connectivity index (χ3n) is 5.60. The van der Waals surface area contributed by atoms with Gasteiger partial charge in [0.15, 0.2) is 11.5 Å². The summed E-state index contributed by atoms with van der Waals surface area (Å²) in [4.78, 5) is 29.4. The van der Waals surface area contributed by atoms with Gasteiger partial charge in [-0.1, -0.05) is 30.3 Å². The van der Waals surface area contributed by atoms with Crippen LogP contribution in [0.5, 0.6) is 11.5 Å². The van der Waals surface area contributed by atoms with Crippen LogP contribution in [-0.2, 0) is 17.8 Å². The van der Waals surface area contributed by atoms with Crippen molar-refractivity contribution < 1.29 is 23.5 Å². The molecule has 0 atom stereocenters. The molecule has 8 nitrogen and oxygen atoms in total. The zero-order chi connectivity index (χ0) is 25.9. The Bertz CT molecular complexity index is 1160. The maximum Gasteiger partial charge on any atom is 0.322 e. The van der Waals surface area contributed by atoms with Crippen LogP contribution in [0.4, 0.5) is 10.5 Å². The summed E-state index contributed by atoms with van der Waals surface area (Å²) in [6.07, 6.45) is 2.19. The molecule has 3 amide bonds. The van der Waals surface area contributed by atoms with Gasteiger partial charge in [0.1, 0.15) is 18.1 Å². The molecule has 1 aromatic heterocycles. The monoisotopic (exact) mass is 491 g/mol. The molecule has 0 unspecified atom stereocenters. The van der Waals surface area contributed by atoms with Crippen LogP contribution >= 0.6 is 0 Å². The van der Waals surface area contributed by atoms with Crippen molar-refractivity contribution in [3.05, 3.63) is 90.4 Å². The van der Waals surface area contributed by atoms with Crippen LogP contribution < -0.4 is 14.8 Å². The van der Waals surface area contributed by atoms with Crippen molar-refractivity contribution in [1.29, 1.82) is 0 Å². The third-order valence-corrected chi connectivity index (χ3v) is 5.60. The van der Waals surface area contributed by atoms with E-state index in [1.54, 1.807) is 37.3 Å².